The van der Waals surface area contributed by atoms with Gasteiger partial charge in [-0.25, -0.2) is 9.97 Å². The van der Waals surface area contributed by atoms with Crippen LogP contribution in [-0.2, 0) is 11.2 Å². The van der Waals surface area contributed by atoms with E-state index in [0.717, 1.165) is 41.9 Å². The van der Waals surface area contributed by atoms with Gasteiger partial charge in [-0.1, -0.05) is 0 Å². The van der Waals surface area contributed by atoms with Crippen molar-refractivity contribution < 1.29 is 4.74 Å². The molecule has 1 aliphatic carbocycles. The first kappa shape index (κ1) is 22.4. The van der Waals surface area contributed by atoms with Crippen LogP contribution in [0, 0.1) is 19.8 Å². The van der Waals surface area contributed by atoms with E-state index in [-0.39, 0.29) is 24.8 Å². The van der Waals surface area contributed by atoms with Gasteiger partial charge in [0.2, 0.25) is 0 Å². The van der Waals surface area contributed by atoms with E-state index in [4.69, 9.17) is 20.4 Å². The Balaban J connectivity index is 0.00000156. The number of nitrogens with two attached hydrogens (primary N) is 1. The van der Waals surface area contributed by atoms with Gasteiger partial charge in [-0.05, 0) is 44.7 Å². The van der Waals surface area contributed by atoms with E-state index in [2.05, 4.69) is 18.7 Å². The molecule has 0 saturated heterocycles. The molecule has 142 valence electrons. The molecule has 1 aliphatic rings. The summed E-state index contributed by atoms with van der Waals surface area (Å²) in [6.07, 6.45) is 3.38. The Morgan fingerprint density at radius 1 is 1.24 bits per heavy atom. The van der Waals surface area contributed by atoms with Crippen molar-refractivity contribution in [1.82, 2.24) is 9.97 Å². The molecule has 0 bridgehead atoms. The molecule has 2 aromatic rings. The lowest BCUT2D eigenvalue weighted by atomic mass is 10.2. The summed E-state index contributed by atoms with van der Waals surface area (Å²) in [6, 6.07) is 0. The van der Waals surface area contributed by atoms with Gasteiger partial charge in [0, 0.05) is 31.5 Å². The molecular formula is C17H28Cl2N4OS. The lowest BCUT2D eigenvalue weighted by Gasteiger charge is -2.25. The van der Waals surface area contributed by atoms with Gasteiger partial charge in [0.05, 0.1) is 12.0 Å². The predicted octanol–water partition coefficient (Wildman–Crippen LogP) is 3.52. The van der Waals surface area contributed by atoms with E-state index < -0.39 is 0 Å². The molecule has 1 saturated carbocycles. The van der Waals surface area contributed by atoms with Gasteiger partial charge in [0.25, 0.3) is 0 Å². The fourth-order valence-corrected chi connectivity index (χ4v) is 3.88. The normalized spacial score (nSPS) is 13.4. The Kier molecular flexibility index (Phi) is 8.84. The van der Waals surface area contributed by atoms with E-state index in [0.29, 0.717) is 13.2 Å². The van der Waals surface area contributed by atoms with Gasteiger partial charge in [-0.15, -0.1) is 36.2 Å². The van der Waals surface area contributed by atoms with Crippen molar-refractivity contribution in [2.24, 2.45) is 11.7 Å². The molecule has 3 rings (SSSR count). The van der Waals surface area contributed by atoms with E-state index in [1.54, 1.807) is 18.4 Å². The number of nitrogens with zero attached hydrogens (tertiary/aromatic N) is 3. The number of hydrogen-bond acceptors (Lipinski definition) is 6. The lowest BCUT2D eigenvalue weighted by Crippen LogP contribution is -2.31. The quantitative estimate of drug-likeness (QED) is 0.726. The summed E-state index contributed by atoms with van der Waals surface area (Å²) < 4.78 is 5.32. The van der Waals surface area contributed by atoms with Crippen LogP contribution < -0.4 is 10.6 Å². The predicted molar refractivity (Wildman–Crippen MR) is 111 cm³/mol. The van der Waals surface area contributed by atoms with Gasteiger partial charge in [0.1, 0.15) is 16.5 Å². The maximum Gasteiger partial charge on any atom is 0.141 e. The molecule has 2 aromatic heterocycles. The number of thiophene rings is 1. The van der Waals surface area contributed by atoms with Crippen molar-refractivity contribution in [1.29, 1.82) is 0 Å². The maximum absolute atomic E-state index is 5.73. The fraction of sp³-hybridized carbons (Fsp3) is 0.647. The maximum atomic E-state index is 5.73. The number of methoxy groups -OCH3 is 1. The van der Waals surface area contributed by atoms with Gasteiger partial charge < -0.3 is 15.4 Å². The molecule has 0 aliphatic heterocycles. The Morgan fingerprint density at radius 2 is 1.96 bits per heavy atom. The van der Waals surface area contributed by atoms with Crippen LogP contribution >= 0.6 is 36.2 Å². The molecule has 0 aromatic carbocycles. The fourth-order valence-electron chi connectivity index (χ4n) is 2.84. The number of ether oxygens (including phenoxy) is 1. The molecule has 2 N–H and O–H groups in total. The SMILES string of the molecule is COCCN(CC1CC1)c1nc(CCN)nc2sc(C)c(C)c12.Cl.Cl. The average Bonchev–Trinajstić information content (AvgIpc) is 3.30. The number of halogens is 2. The molecule has 8 heteroatoms. The first-order valence-corrected chi connectivity index (χ1v) is 9.16. The summed E-state index contributed by atoms with van der Waals surface area (Å²) in [5, 5.41) is 1.21. The second kappa shape index (κ2) is 9.88. The first-order chi connectivity index (χ1) is 11.1. The summed E-state index contributed by atoms with van der Waals surface area (Å²) in [4.78, 5) is 14.4. The summed E-state index contributed by atoms with van der Waals surface area (Å²) in [5.41, 5.74) is 7.03. The van der Waals surface area contributed by atoms with E-state index in [1.165, 1.54) is 28.7 Å². The number of anilines is 1. The van der Waals surface area contributed by atoms with Crippen molar-refractivity contribution >= 4 is 52.2 Å². The highest BCUT2D eigenvalue weighted by Crippen LogP contribution is 2.37. The minimum Gasteiger partial charge on any atom is -0.383 e. The van der Waals surface area contributed by atoms with Crippen LogP contribution in [0.3, 0.4) is 0 Å². The van der Waals surface area contributed by atoms with Crippen LogP contribution in [0.15, 0.2) is 0 Å². The van der Waals surface area contributed by atoms with Crippen LogP contribution in [0.2, 0.25) is 0 Å². The van der Waals surface area contributed by atoms with E-state index in [1.807, 2.05) is 0 Å². The summed E-state index contributed by atoms with van der Waals surface area (Å²) in [5.74, 6) is 2.73. The molecule has 0 atom stereocenters. The summed E-state index contributed by atoms with van der Waals surface area (Å²) in [7, 11) is 1.75. The van der Waals surface area contributed by atoms with Crippen molar-refractivity contribution in [2.75, 3.05) is 38.3 Å². The zero-order valence-electron chi connectivity index (χ0n) is 15.1. The zero-order chi connectivity index (χ0) is 16.4. The van der Waals surface area contributed by atoms with Crippen LogP contribution in [-0.4, -0.2) is 43.3 Å². The molecule has 2 heterocycles. The minimum absolute atomic E-state index is 0. The number of aryl methyl sites for hydroxylation is 2. The van der Waals surface area contributed by atoms with Gasteiger partial charge in [-0.2, -0.15) is 0 Å². The monoisotopic (exact) mass is 406 g/mol. The highest BCUT2D eigenvalue weighted by molar-refractivity contribution is 7.18. The van der Waals surface area contributed by atoms with Crippen molar-refractivity contribution in [2.45, 2.75) is 33.1 Å². The molecule has 0 radical (unpaired) electrons. The second-order valence-corrected chi connectivity index (χ2v) is 7.55. The smallest absolute Gasteiger partial charge is 0.141 e. The summed E-state index contributed by atoms with van der Waals surface area (Å²) in [6.45, 7) is 7.56. The second-order valence-electron chi connectivity index (χ2n) is 6.35. The third-order valence-electron chi connectivity index (χ3n) is 4.46. The molecule has 5 nitrogen and oxygen atoms in total. The van der Waals surface area contributed by atoms with Gasteiger partial charge in [0.15, 0.2) is 0 Å². The van der Waals surface area contributed by atoms with Crippen molar-refractivity contribution in [3.63, 3.8) is 0 Å². The number of rotatable bonds is 8. The van der Waals surface area contributed by atoms with Crippen molar-refractivity contribution in [3.8, 4) is 0 Å². The standard InChI is InChI=1S/C17H26N4OS.2ClH/c1-11-12(2)23-17-15(11)16(19-14(20-17)6-7-18)21(8-9-22-3)10-13-4-5-13;;/h13H,4-10,18H2,1-3H3;2*1H. The molecule has 25 heavy (non-hydrogen) atoms. The van der Waals surface area contributed by atoms with Gasteiger partial charge in [-0.3, -0.25) is 0 Å². The third-order valence-corrected chi connectivity index (χ3v) is 5.57. The van der Waals surface area contributed by atoms with Crippen LogP contribution in [0.5, 0.6) is 0 Å². The van der Waals surface area contributed by atoms with E-state index >= 15 is 0 Å². The van der Waals surface area contributed by atoms with Crippen molar-refractivity contribution in [3.05, 3.63) is 16.3 Å². The number of fused-ring (bicyclic) bond motifs is 1. The van der Waals surface area contributed by atoms with Gasteiger partial charge >= 0.3 is 0 Å². The molecule has 0 unspecified atom stereocenters. The topological polar surface area (TPSA) is 64.3 Å². The lowest BCUT2D eigenvalue weighted by molar-refractivity contribution is 0.205. The van der Waals surface area contributed by atoms with Crippen LogP contribution in [0.4, 0.5) is 5.82 Å². The Bertz CT molecular complexity index is 691. The third kappa shape index (κ3) is 5.17. The number of aromatic nitrogens is 2. The molecular weight excluding hydrogens is 379 g/mol. The Morgan fingerprint density at radius 3 is 2.56 bits per heavy atom. The minimum atomic E-state index is 0. The zero-order valence-corrected chi connectivity index (χ0v) is 17.5. The van der Waals surface area contributed by atoms with Crippen LogP contribution in [0.1, 0.15) is 29.1 Å². The average molecular weight is 407 g/mol. The Hall–Kier alpha value is -0.660. The highest BCUT2D eigenvalue weighted by Gasteiger charge is 2.27. The first-order valence-electron chi connectivity index (χ1n) is 8.34. The van der Waals surface area contributed by atoms with E-state index in [9.17, 15) is 0 Å². The Labute approximate surface area is 166 Å². The molecule has 1 fully saturated rings. The molecule has 0 spiro atoms. The molecule has 0 amide bonds. The van der Waals surface area contributed by atoms with Crippen LogP contribution in [0.25, 0.3) is 10.2 Å². The number of hydrogen-bond donors (Lipinski definition) is 1. The highest BCUT2D eigenvalue weighted by atomic mass is 35.5. The largest absolute Gasteiger partial charge is 0.383 e. The summed E-state index contributed by atoms with van der Waals surface area (Å²) >= 11 is 1.76.